The number of benzene rings is 2. The van der Waals surface area contributed by atoms with Gasteiger partial charge in [-0.05, 0) is 81.8 Å². The van der Waals surface area contributed by atoms with E-state index in [0.717, 1.165) is 12.2 Å². The van der Waals surface area contributed by atoms with Gasteiger partial charge in [0.05, 0.1) is 6.61 Å². The Hall–Kier alpha value is -1.80. The van der Waals surface area contributed by atoms with Gasteiger partial charge < -0.3 is 10.5 Å². The molecule has 1 unspecified atom stereocenters. The van der Waals surface area contributed by atoms with E-state index in [2.05, 4.69) is 65.0 Å². The van der Waals surface area contributed by atoms with Crippen LogP contribution in [0.4, 0.5) is 0 Å². The minimum Gasteiger partial charge on any atom is -0.493 e. The van der Waals surface area contributed by atoms with E-state index in [1.54, 1.807) is 0 Å². The predicted octanol–water partition coefficient (Wildman–Crippen LogP) is 4.74. The van der Waals surface area contributed by atoms with Crippen molar-refractivity contribution in [3.05, 3.63) is 63.7 Å². The highest BCUT2D eigenvalue weighted by atomic mass is 16.5. The van der Waals surface area contributed by atoms with Gasteiger partial charge in [-0.2, -0.15) is 0 Å². The Morgan fingerprint density at radius 3 is 2.04 bits per heavy atom. The van der Waals surface area contributed by atoms with Gasteiger partial charge in [0.25, 0.3) is 0 Å². The van der Waals surface area contributed by atoms with Crippen molar-refractivity contribution in [2.75, 3.05) is 13.2 Å². The molecule has 0 aliphatic rings. The van der Waals surface area contributed by atoms with Crippen LogP contribution in [0, 0.1) is 34.6 Å². The molecule has 0 aliphatic carbocycles. The lowest BCUT2D eigenvalue weighted by Crippen LogP contribution is -2.18. The first-order valence-electron chi connectivity index (χ1n) is 8.40. The van der Waals surface area contributed by atoms with E-state index < -0.39 is 0 Å². The van der Waals surface area contributed by atoms with Crippen molar-refractivity contribution < 1.29 is 4.74 Å². The Morgan fingerprint density at radius 1 is 0.870 bits per heavy atom. The first-order valence-corrected chi connectivity index (χ1v) is 8.40. The highest BCUT2D eigenvalue weighted by molar-refractivity contribution is 5.40. The summed E-state index contributed by atoms with van der Waals surface area (Å²) < 4.78 is 5.99. The predicted molar refractivity (Wildman–Crippen MR) is 98.5 cm³/mol. The van der Waals surface area contributed by atoms with Crippen LogP contribution in [-0.2, 0) is 0 Å². The topological polar surface area (TPSA) is 35.2 Å². The van der Waals surface area contributed by atoms with Crippen LogP contribution in [0.1, 0.15) is 45.7 Å². The van der Waals surface area contributed by atoms with Gasteiger partial charge in [0, 0.05) is 0 Å². The van der Waals surface area contributed by atoms with Crippen LogP contribution < -0.4 is 10.5 Å². The van der Waals surface area contributed by atoms with E-state index in [4.69, 9.17) is 10.5 Å². The van der Waals surface area contributed by atoms with E-state index in [1.165, 1.54) is 33.4 Å². The lowest BCUT2D eigenvalue weighted by Gasteiger charge is -2.21. The highest BCUT2D eigenvalue weighted by Crippen LogP contribution is 2.28. The highest BCUT2D eigenvalue weighted by Gasteiger charge is 2.15. The molecule has 2 nitrogen and oxygen atoms in total. The molecule has 0 saturated heterocycles. The molecule has 0 heterocycles. The molecular weight excluding hydrogens is 282 g/mol. The zero-order valence-electron chi connectivity index (χ0n) is 15.1. The number of hydrogen-bond acceptors (Lipinski definition) is 2. The molecular formula is C21H29NO. The van der Waals surface area contributed by atoms with E-state index in [1.807, 2.05) is 0 Å². The number of nitrogens with two attached hydrogens (primary N) is 1. The van der Waals surface area contributed by atoms with E-state index in [0.29, 0.717) is 19.1 Å². The lowest BCUT2D eigenvalue weighted by atomic mass is 9.87. The molecule has 124 valence electrons. The number of aryl methyl sites for hydroxylation is 5. The molecule has 0 fully saturated rings. The molecule has 2 rings (SSSR count). The molecule has 2 aromatic rings. The van der Waals surface area contributed by atoms with Crippen molar-refractivity contribution in [3.63, 3.8) is 0 Å². The summed E-state index contributed by atoms with van der Waals surface area (Å²) in [7, 11) is 0. The summed E-state index contributed by atoms with van der Waals surface area (Å²) in [6.07, 6.45) is 0.939. The maximum atomic E-state index is 6.05. The Bertz CT molecular complexity index is 653. The minimum atomic E-state index is 0.348. The monoisotopic (exact) mass is 311 g/mol. The average Bonchev–Trinajstić information content (AvgIpc) is 2.46. The van der Waals surface area contributed by atoms with E-state index in [-0.39, 0.29) is 0 Å². The fraction of sp³-hybridized carbons (Fsp3) is 0.429. The third-order valence-corrected chi connectivity index (χ3v) is 4.49. The van der Waals surface area contributed by atoms with Crippen LogP contribution in [0.2, 0.25) is 0 Å². The summed E-state index contributed by atoms with van der Waals surface area (Å²) in [5.41, 5.74) is 13.9. The molecule has 0 spiro atoms. The summed E-state index contributed by atoms with van der Waals surface area (Å²) in [5.74, 6) is 1.32. The molecule has 0 aliphatic heterocycles. The Kier molecular flexibility index (Phi) is 5.84. The van der Waals surface area contributed by atoms with Gasteiger partial charge in [-0.3, -0.25) is 0 Å². The fourth-order valence-corrected chi connectivity index (χ4v) is 3.49. The lowest BCUT2D eigenvalue weighted by molar-refractivity contribution is 0.296. The molecule has 0 radical (unpaired) electrons. The zero-order valence-corrected chi connectivity index (χ0v) is 15.1. The van der Waals surface area contributed by atoms with Crippen LogP contribution in [0.25, 0.3) is 0 Å². The molecule has 2 heteroatoms. The third kappa shape index (κ3) is 4.35. The molecule has 0 aromatic heterocycles. The van der Waals surface area contributed by atoms with Gasteiger partial charge in [-0.25, -0.2) is 0 Å². The first kappa shape index (κ1) is 17.6. The van der Waals surface area contributed by atoms with Crippen molar-refractivity contribution in [2.24, 2.45) is 5.73 Å². The van der Waals surface area contributed by atoms with Gasteiger partial charge >= 0.3 is 0 Å². The van der Waals surface area contributed by atoms with E-state index in [9.17, 15) is 0 Å². The maximum Gasteiger partial charge on any atom is 0.122 e. The number of hydrogen-bond donors (Lipinski definition) is 1. The molecule has 2 aromatic carbocycles. The summed E-state index contributed by atoms with van der Waals surface area (Å²) in [5, 5.41) is 0. The second-order valence-corrected chi connectivity index (χ2v) is 6.65. The van der Waals surface area contributed by atoms with Crippen LogP contribution >= 0.6 is 0 Å². The fourth-order valence-electron chi connectivity index (χ4n) is 3.49. The Labute approximate surface area is 140 Å². The molecule has 0 bridgehead atoms. The van der Waals surface area contributed by atoms with Crippen molar-refractivity contribution in [1.29, 1.82) is 0 Å². The van der Waals surface area contributed by atoms with Crippen molar-refractivity contribution >= 4 is 0 Å². The summed E-state index contributed by atoms with van der Waals surface area (Å²) in [6.45, 7) is 12.1. The smallest absolute Gasteiger partial charge is 0.122 e. The SMILES string of the molecule is Cc1ccc(OCCC(CN)c2c(C)cc(C)cc2C)c(C)c1. The average molecular weight is 311 g/mol. The third-order valence-electron chi connectivity index (χ3n) is 4.49. The zero-order chi connectivity index (χ0) is 17.0. The molecule has 1 atom stereocenters. The summed E-state index contributed by atoms with van der Waals surface area (Å²) >= 11 is 0. The maximum absolute atomic E-state index is 6.05. The van der Waals surface area contributed by atoms with Crippen LogP contribution in [0.15, 0.2) is 30.3 Å². The molecule has 0 amide bonds. The molecule has 2 N–H and O–H groups in total. The van der Waals surface area contributed by atoms with Gasteiger partial charge in [0.15, 0.2) is 0 Å². The number of rotatable bonds is 6. The first-order chi connectivity index (χ1) is 10.9. The molecule has 0 saturated carbocycles. The van der Waals surface area contributed by atoms with Crippen LogP contribution in [0.3, 0.4) is 0 Å². The van der Waals surface area contributed by atoms with Crippen LogP contribution in [-0.4, -0.2) is 13.2 Å². The van der Waals surface area contributed by atoms with Crippen molar-refractivity contribution in [2.45, 2.75) is 47.0 Å². The van der Waals surface area contributed by atoms with Gasteiger partial charge in [0.2, 0.25) is 0 Å². The van der Waals surface area contributed by atoms with Gasteiger partial charge in [-0.15, -0.1) is 0 Å². The van der Waals surface area contributed by atoms with E-state index >= 15 is 0 Å². The summed E-state index contributed by atoms with van der Waals surface area (Å²) in [6, 6.07) is 10.8. The Morgan fingerprint density at radius 2 is 1.48 bits per heavy atom. The normalized spacial score (nSPS) is 12.3. The quantitative estimate of drug-likeness (QED) is 0.836. The van der Waals surface area contributed by atoms with Gasteiger partial charge in [-0.1, -0.05) is 35.4 Å². The van der Waals surface area contributed by atoms with Crippen LogP contribution in [0.5, 0.6) is 5.75 Å². The largest absolute Gasteiger partial charge is 0.493 e. The van der Waals surface area contributed by atoms with Crippen molar-refractivity contribution in [1.82, 2.24) is 0 Å². The summed E-state index contributed by atoms with van der Waals surface area (Å²) in [4.78, 5) is 0. The van der Waals surface area contributed by atoms with Crippen molar-refractivity contribution in [3.8, 4) is 5.75 Å². The molecule has 23 heavy (non-hydrogen) atoms. The minimum absolute atomic E-state index is 0.348. The number of ether oxygens (including phenoxy) is 1. The standard InChI is InChI=1S/C21H29NO/c1-14-6-7-20(16(3)10-14)23-9-8-19(13-22)21-17(4)11-15(2)12-18(21)5/h6-7,10-12,19H,8-9,13,22H2,1-5H3. The second-order valence-electron chi connectivity index (χ2n) is 6.65. The second kappa shape index (κ2) is 7.65. The Balaban J connectivity index is 2.06. The van der Waals surface area contributed by atoms with Gasteiger partial charge in [0.1, 0.15) is 5.75 Å².